The summed E-state index contributed by atoms with van der Waals surface area (Å²) in [7, 11) is 1.51. The van der Waals surface area contributed by atoms with Gasteiger partial charge in [0.25, 0.3) is 6.01 Å². The Balaban J connectivity index is 1.95. The molecular formula is C18H16BrN3O5. The van der Waals surface area contributed by atoms with Gasteiger partial charge in [0.15, 0.2) is 11.2 Å². The highest BCUT2D eigenvalue weighted by atomic mass is 79.9. The van der Waals surface area contributed by atoms with Gasteiger partial charge in [-0.25, -0.2) is 4.79 Å². The summed E-state index contributed by atoms with van der Waals surface area (Å²) >= 11 is 3.43. The number of hydrogen-bond acceptors (Lipinski definition) is 7. The van der Waals surface area contributed by atoms with Crippen molar-refractivity contribution in [1.82, 2.24) is 10.3 Å². The second-order valence-electron chi connectivity index (χ2n) is 6.25. The molecule has 9 heteroatoms. The topological polar surface area (TPSA) is 117 Å². The number of carbonyl (C=O) groups excluding carboxylic acids is 2. The number of hydrogen-bond donors (Lipinski definition) is 2. The Morgan fingerprint density at radius 1 is 1.41 bits per heavy atom. The van der Waals surface area contributed by atoms with Gasteiger partial charge in [0.1, 0.15) is 12.3 Å². The molecule has 4 rings (SSSR count). The van der Waals surface area contributed by atoms with E-state index in [1.807, 2.05) is 6.07 Å². The van der Waals surface area contributed by atoms with Crippen molar-refractivity contribution in [2.24, 2.45) is 0 Å². The third kappa shape index (κ3) is 2.35. The van der Waals surface area contributed by atoms with Crippen LogP contribution in [0.1, 0.15) is 18.2 Å². The summed E-state index contributed by atoms with van der Waals surface area (Å²) in [6.07, 6.45) is 0. The molecule has 8 nitrogen and oxygen atoms in total. The molecule has 1 aromatic heterocycles. The van der Waals surface area contributed by atoms with Crippen molar-refractivity contribution in [1.29, 1.82) is 0 Å². The molecule has 1 aliphatic carbocycles. The smallest absolute Gasteiger partial charge is 0.337 e. The lowest BCUT2D eigenvalue weighted by molar-refractivity contribution is -0.141. The van der Waals surface area contributed by atoms with E-state index in [1.165, 1.54) is 7.11 Å². The average molecular weight is 434 g/mol. The van der Waals surface area contributed by atoms with Crippen LogP contribution in [0.25, 0.3) is 11.3 Å². The largest absolute Gasteiger partial charge is 0.460 e. The summed E-state index contributed by atoms with van der Waals surface area (Å²) < 4.78 is 16.6. The van der Waals surface area contributed by atoms with Gasteiger partial charge in [0.2, 0.25) is 5.91 Å². The van der Waals surface area contributed by atoms with Crippen LogP contribution in [0.5, 0.6) is 0 Å². The summed E-state index contributed by atoms with van der Waals surface area (Å²) in [5.41, 5.74) is 6.41. The maximum atomic E-state index is 13.2. The summed E-state index contributed by atoms with van der Waals surface area (Å²) in [5.74, 6) is -0.643. The van der Waals surface area contributed by atoms with E-state index in [2.05, 4.69) is 26.2 Å². The molecule has 2 aromatic rings. The number of rotatable bonds is 4. The van der Waals surface area contributed by atoms with E-state index in [4.69, 9.17) is 19.6 Å². The molecular weight excluding hydrogens is 418 g/mol. The van der Waals surface area contributed by atoms with Crippen molar-refractivity contribution in [3.8, 4) is 11.3 Å². The van der Waals surface area contributed by atoms with Crippen LogP contribution in [0.2, 0.25) is 0 Å². The molecule has 1 spiro atoms. The van der Waals surface area contributed by atoms with Crippen molar-refractivity contribution in [2.45, 2.75) is 12.3 Å². The fourth-order valence-electron chi connectivity index (χ4n) is 3.73. The highest BCUT2D eigenvalue weighted by Gasteiger charge is 2.61. The first kappa shape index (κ1) is 17.7. The number of halogens is 1. The fourth-order valence-corrected chi connectivity index (χ4v) is 4.09. The number of nitrogens with zero attached hydrogens (tertiary/aromatic N) is 1. The lowest BCUT2D eigenvalue weighted by Gasteiger charge is -2.24. The monoisotopic (exact) mass is 433 g/mol. The number of methoxy groups -OCH3 is 1. The molecule has 0 radical (unpaired) electrons. The van der Waals surface area contributed by atoms with E-state index in [-0.39, 0.29) is 24.8 Å². The second kappa shape index (κ2) is 6.21. The molecule has 1 amide bonds. The van der Waals surface area contributed by atoms with Crippen LogP contribution in [-0.4, -0.2) is 37.2 Å². The number of amides is 1. The first-order valence-corrected chi connectivity index (χ1v) is 8.96. The van der Waals surface area contributed by atoms with Gasteiger partial charge >= 0.3 is 5.97 Å². The van der Waals surface area contributed by atoms with Gasteiger partial charge in [-0.05, 0) is 30.7 Å². The lowest BCUT2D eigenvalue weighted by Crippen LogP contribution is -2.41. The Kier molecular flexibility index (Phi) is 4.08. The van der Waals surface area contributed by atoms with E-state index < -0.39 is 17.3 Å². The van der Waals surface area contributed by atoms with Crippen LogP contribution in [0.4, 0.5) is 6.01 Å². The molecule has 0 unspecified atom stereocenters. The first-order chi connectivity index (χ1) is 12.9. The molecule has 0 saturated heterocycles. The van der Waals surface area contributed by atoms with Gasteiger partial charge < -0.3 is 24.9 Å². The number of nitrogens with one attached hydrogen (secondary N) is 1. The maximum absolute atomic E-state index is 13.2. The summed E-state index contributed by atoms with van der Waals surface area (Å²) in [4.78, 5) is 30.3. The van der Waals surface area contributed by atoms with Crippen molar-refractivity contribution >= 4 is 33.8 Å². The standard InChI is InChI=1S/C18H16BrN3O5/c1-8-12(15(23)26-6-5-25-2)18(16(24)21-8)11-7-9(19)3-4-10(11)13-14(18)22-17(20)27-13/h3-4,7H,5-6H2,1-2H3,(H2,20,22)(H,21,24)/t18-/m0/s1. The van der Waals surface area contributed by atoms with E-state index in [9.17, 15) is 9.59 Å². The van der Waals surface area contributed by atoms with Crippen molar-refractivity contribution < 1.29 is 23.5 Å². The van der Waals surface area contributed by atoms with Gasteiger partial charge in [-0.2, -0.15) is 4.98 Å². The van der Waals surface area contributed by atoms with Gasteiger partial charge in [-0.3, -0.25) is 4.79 Å². The number of benzene rings is 1. The molecule has 2 heterocycles. The number of esters is 1. The number of oxazole rings is 1. The van der Waals surface area contributed by atoms with Crippen molar-refractivity contribution in [2.75, 3.05) is 26.1 Å². The number of nitrogen functional groups attached to an aromatic ring is 1. The molecule has 140 valence electrons. The molecule has 2 aliphatic rings. The van der Waals surface area contributed by atoms with Crippen molar-refractivity contribution in [3.63, 3.8) is 0 Å². The highest BCUT2D eigenvalue weighted by Crippen LogP contribution is 2.56. The number of allylic oxidation sites excluding steroid dienone is 1. The molecule has 1 aromatic carbocycles. The number of aromatic nitrogens is 1. The van der Waals surface area contributed by atoms with Crippen LogP contribution in [0.3, 0.4) is 0 Å². The second-order valence-corrected chi connectivity index (χ2v) is 7.17. The summed E-state index contributed by atoms with van der Waals surface area (Å²) in [5, 5.41) is 2.75. The first-order valence-electron chi connectivity index (χ1n) is 8.17. The number of anilines is 1. The minimum absolute atomic E-state index is 0.0650. The zero-order chi connectivity index (χ0) is 19.3. The fraction of sp³-hybridized carbons (Fsp3) is 0.278. The molecule has 27 heavy (non-hydrogen) atoms. The van der Waals surface area contributed by atoms with Crippen LogP contribution >= 0.6 is 15.9 Å². The summed E-state index contributed by atoms with van der Waals surface area (Å²) in [6.45, 7) is 1.96. The predicted molar refractivity (Wildman–Crippen MR) is 98.5 cm³/mol. The summed E-state index contributed by atoms with van der Waals surface area (Å²) in [6, 6.07) is 5.33. The van der Waals surface area contributed by atoms with Crippen LogP contribution in [-0.2, 0) is 24.5 Å². The molecule has 3 N–H and O–H groups in total. The maximum Gasteiger partial charge on any atom is 0.337 e. The zero-order valence-electron chi connectivity index (χ0n) is 14.6. The van der Waals surface area contributed by atoms with Gasteiger partial charge in [0, 0.05) is 22.8 Å². The van der Waals surface area contributed by atoms with Crippen LogP contribution in [0.15, 0.2) is 38.4 Å². The predicted octanol–water partition coefficient (Wildman–Crippen LogP) is 1.88. The number of fused-ring (bicyclic) bond motifs is 5. The normalized spacial score (nSPS) is 20.0. The van der Waals surface area contributed by atoms with Gasteiger partial charge in [-0.15, -0.1) is 0 Å². The average Bonchev–Trinajstić information content (AvgIpc) is 3.19. The Morgan fingerprint density at radius 2 is 2.19 bits per heavy atom. The Labute approximate surface area is 162 Å². The number of carbonyl (C=O) groups is 2. The number of ether oxygens (including phenoxy) is 2. The minimum atomic E-state index is -1.47. The van der Waals surface area contributed by atoms with E-state index in [1.54, 1.807) is 19.1 Å². The number of nitrogens with two attached hydrogens (primary N) is 1. The molecule has 0 fully saturated rings. The Hall–Kier alpha value is -2.65. The van der Waals surface area contributed by atoms with Crippen molar-refractivity contribution in [3.05, 3.63) is 45.2 Å². The Bertz CT molecular complexity index is 1010. The Morgan fingerprint density at radius 3 is 2.93 bits per heavy atom. The van der Waals surface area contributed by atoms with Gasteiger partial charge in [-0.1, -0.05) is 15.9 Å². The van der Waals surface area contributed by atoms with Crippen LogP contribution < -0.4 is 11.1 Å². The van der Waals surface area contributed by atoms with E-state index in [0.717, 1.165) is 4.47 Å². The molecule has 1 aliphatic heterocycles. The SMILES string of the molecule is COCCOC(=O)C1=C(C)NC(=O)[C@@]12c1cc(Br)ccc1-c1oc(N)nc12. The minimum Gasteiger partial charge on any atom is -0.460 e. The molecule has 0 bridgehead atoms. The highest BCUT2D eigenvalue weighted by molar-refractivity contribution is 9.10. The third-order valence-electron chi connectivity index (χ3n) is 4.75. The van der Waals surface area contributed by atoms with E-state index in [0.29, 0.717) is 28.3 Å². The quantitative estimate of drug-likeness (QED) is 0.558. The zero-order valence-corrected chi connectivity index (χ0v) is 16.2. The molecule has 1 atom stereocenters. The lowest BCUT2D eigenvalue weighted by atomic mass is 9.75. The van der Waals surface area contributed by atoms with Crippen LogP contribution in [0, 0.1) is 0 Å². The van der Waals surface area contributed by atoms with Gasteiger partial charge in [0.05, 0.1) is 12.2 Å². The molecule has 0 saturated carbocycles. The third-order valence-corrected chi connectivity index (χ3v) is 5.24. The van der Waals surface area contributed by atoms with E-state index >= 15 is 0 Å².